The van der Waals surface area contributed by atoms with Crippen LogP contribution >= 0.6 is 11.3 Å². The Morgan fingerprint density at radius 1 is 0.378 bits per heavy atom. The van der Waals surface area contributed by atoms with Crippen LogP contribution in [0.5, 0.6) is 0 Å². The number of fused-ring (bicyclic) bond motifs is 2. The van der Waals surface area contributed by atoms with Crippen LogP contribution in [0.25, 0.3) is 33.1 Å². The third-order valence-corrected chi connectivity index (χ3v) is 17.9. The molecule has 0 aliphatic heterocycles. The van der Waals surface area contributed by atoms with Gasteiger partial charge in [0.25, 0.3) is 0 Å². The first-order chi connectivity index (χ1) is 40.3. The van der Waals surface area contributed by atoms with Crippen molar-refractivity contribution in [1.82, 2.24) is 19.9 Å². The van der Waals surface area contributed by atoms with E-state index < -0.39 is 0 Å². The van der Waals surface area contributed by atoms with Crippen molar-refractivity contribution in [1.29, 1.82) is 0 Å². The zero-order valence-corrected chi connectivity index (χ0v) is 63.1. The van der Waals surface area contributed by atoms with Gasteiger partial charge in [0.1, 0.15) is 5.52 Å². The third kappa shape index (κ3) is 22.7. The Labute approximate surface area is 556 Å². The lowest BCUT2D eigenvalue weighted by atomic mass is 9.63. The van der Waals surface area contributed by atoms with Crippen molar-refractivity contribution in [2.45, 2.75) is 259 Å². The molecule has 90 heavy (non-hydrogen) atoms. The van der Waals surface area contributed by atoms with Gasteiger partial charge < -0.3 is 4.42 Å². The third-order valence-electron chi connectivity index (χ3n) is 16.9. The maximum absolute atomic E-state index is 5.31. The number of pyridine rings is 2. The molecule has 4 aromatic heterocycles. The van der Waals surface area contributed by atoms with E-state index in [-0.39, 0.29) is 61.6 Å². The molecule has 4 heterocycles. The number of oxazole rings is 1. The van der Waals surface area contributed by atoms with Gasteiger partial charge in [-0.3, -0.25) is 9.97 Å². The molecule has 0 spiro atoms. The highest BCUT2D eigenvalue weighted by Crippen LogP contribution is 2.52. The van der Waals surface area contributed by atoms with Gasteiger partial charge in [-0.2, -0.15) is 0 Å². The molecule has 0 bridgehead atoms. The van der Waals surface area contributed by atoms with E-state index in [9.17, 15) is 0 Å². The Kier molecular flexibility index (Phi) is 26.3. The molecule has 0 N–H and O–H groups in total. The summed E-state index contributed by atoms with van der Waals surface area (Å²) in [6.45, 7) is 73.6. The van der Waals surface area contributed by atoms with E-state index in [4.69, 9.17) is 9.40 Å². The van der Waals surface area contributed by atoms with Gasteiger partial charge in [-0.1, -0.05) is 300 Å². The molecule has 0 unspecified atom stereocenters. The van der Waals surface area contributed by atoms with E-state index in [0.717, 1.165) is 22.3 Å². The van der Waals surface area contributed by atoms with Crippen molar-refractivity contribution in [3.05, 3.63) is 178 Å². The summed E-state index contributed by atoms with van der Waals surface area (Å²) in [4.78, 5) is 18.1. The lowest BCUT2D eigenvalue weighted by Gasteiger charge is -2.41. The summed E-state index contributed by atoms with van der Waals surface area (Å²) in [7, 11) is 0. The van der Waals surface area contributed by atoms with Gasteiger partial charge in [-0.15, -0.1) is 11.3 Å². The van der Waals surface area contributed by atoms with E-state index in [0.29, 0.717) is 29.6 Å². The summed E-state index contributed by atoms with van der Waals surface area (Å²) in [6.07, 6.45) is 5.35. The smallest absolute Gasteiger partial charge is 0.181 e. The Bertz CT molecular complexity index is 3330. The SMILES string of the molecule is C.CC(C)(C)C(c1ccc(-c2ccccc2)cc1)C(C)(C)C.CC(C)(C)C(c1ccc2ocnc2c1)C(C)(C)C.CC(C)(C)C(c1cccnc1)C(C)(C)C.Cc1cccc2nc(C(C(C)(C)C)C(C)(C)C)ccc12.Cc1csc(C(C(C)(C)C)C(C)(C)C)n1. The minimum Gasteiger partial charge on any atom is -0.443 e. The van der Waals surface area contributed by atoms with Crippen LogP contribution in [0.3, 0.4) is 0 Å². The average molecular weight is 1240 g/mol. The molecule has 0 radical (unpaired) electrons. The molecule has 6 heteroatoms. The van der Waals surface area contributed by atoms with Crippen LogP contribution in [0.4, 0.5) is 0 Å². The largest absolute Gasteiger partial charge is 0.443 e. The van der Waals surface area contributed by atoms with Crippen LogP contribution in [0.15, 0.2) is 144 Å². The highest BCUT2D eigenvalue weighted by atomic mass is 32.1. The van der Waals surface area contributed by atoms with Crippen LogP contribution in [0.1, 0.15) is 283 Å². The molecular formula is C84H128N4OS. The number of rotatable bonds is 6. The molecule has 0 saturated heterocycles. The van der Waals surface area contributed by atoms with Crippen LogP contribution in [0, 0.1) is 68.0 Å². The quantitative estimate of drug-likeness (QED) is 0.166. The van der Waals surface area contributed by atoms with Crippen molar-refractivity contribution >= 4 is 33.3 Å². The molecule has 4 aromatic carbocycles. The van der Waals surface area contributed by atoms with Gasteiger partial charge in [0.15, 0.2) is 12.0 Å². The Morgan fingerprint density at radius 2 is 0.822 bits per heavy atom. The first kappa shape index (κ1) is 78.8. The van der Waals surface area contributed by atoms with Crippen LogP contribution in [-0.2, 0) is 0 Å². The minimum atomic E-state index is 0. The second kappa shape index (κ2) is 30.1. The monoisotopic (exact) mass is 1240 g/mol. The fourth-order valence-corrected chi connectivity index (χ4v) is 17.6. The lowest BCUT2D eigenvalue weighted by Crippen LogP contribution is -2.31. The van der Waals surface area contributed by atoms with Gasteiger partial charge in [0, 0.05) is 46.4 Å². The maximum Gasteiger partial charge on any atom is 0.181 e. The zero-order valence-electron chi connectivity index (χ0n) is 62.3. The molecule has 8 rings (SSSR count). The van der Waals surface area contributed by atoms with Gasteiger partial charge in [0.2, 0.25) is 0 Å². The van der Waals surface area contributed by atoms with Crippen molar-refractivity contribution < 1.29 is 4.42 Å². The van der Waals surface area contributed by atoms with Crippen LogP contribution < -0.4 is 0 Å². The molecule has 0 saturated carbocycles. The van der Waals surface area contributed by atoms with Gasteiger partial charge in [-0.25, -0.2) is 9.97 Å². The van der Waals surface area contributed by atoms with Gasteiger partial charge in [-0.05, 0) is 149 Å². The number of hydrogen-bond acceptors (Lipinski definition) is 6. The predicted octanol–water partition coefficient (Wildman–Crippen LogP) is 26.8. The van der Waals surface area contributed by atoms with E-state index in [1.807, 2.05) is 24.5 Å². The Balaban J connectivity index is 0.000000295. The normalized spacial score (nSPS) is 13.1. The minimum absolute atomic E-state index is 0. The number of thiazole rings is 1. The summed E-state index contributed by atoms with van der Waals surface area (Å²) in [5, 5.41) is 4.70. The van der Waals surface area contributed by atoms with E-state index >= 15 is 0 Å². The molecule has 0 atom stereocenters. The summed E-state index contributed by atoms with van der Waals surface area (Å²) in [5.74, 6) is 2.49. The Morgan fingerprint density at radius 3 is 1.26 bits per heavy atom. The lowest BCUT2D eigenvalue weighted by molar-refractivity contribution is 0.172. The van der Waals surface area contributed by atoms with E-state index in [1.54, 1.807) is 11.3 Å². The summed E-state index contributed by atoms with van der Waals surface area (Å²) in [5.41, 5.74) is 15.7. The summed E-state index contributed by atoms with van der Waals surface area (Å²) in [6, 6.07) is 41.1. The maximum atomic E-state index is 5.31. The molecule has 8 aromatic rings. The molecule has 5 nitrogen and oxygen atoms in total. The average Bonchev–Trinajstić information content (AvgIpc) is 1.13. The topological polar surface area (TPSA) is 64.7 Å². The van der Waals surface area contributed by atoms with Crippen LogP contribution in [-0.4, -0.2) is 19.9 Å². The molecule has 0 amide bonds. The second-order valence-electron chi connectivity index (χ2n) is 36.4. The van der Waals surface area contributed by atoms with Gasteiger partial charge >= 0.3 is 0 Å². The molecule has 0 aliphatic carbocycles. The fourth-order valence-electron chi connectivity index (χ4n) is 16.2. The first-order valence-corrected chi connectivity index (χ1v) is 33.9. The van der Waals surface area contributed by atoms with Crippen molar-refractivity contribution in [3.63, 3.8) is 0 Å². The number of benzene rings is 4. The van der Waals surface area contributed by atoms with Gasteiger partial charge in [0.05, 0.1) is 10.5 Å². The second-order valence-corrected chi connectivity index (χ2v) is 37.3. The Hall–Kier alpha value is -5.46. The van der Waals surface area contributed by atoms with Crippen LogP contribution in [0.2, 0.25) is 0 Å². The van der Waals surface area contributed by atoms with Crippen molar-refractivity contribution in [2.75, 3.05) is 0 Å². The van der Waals surface area contributed by atoms with E-state index in [2.05, 4.69) is 345 Å². The zero-order chi connectivity index (χ0) is 67.9. The summed E-state index contributed by atoms with van der Waals surface area (Å²) < 4.78 is 5.31. The number of hydrogen-bond donors (Lipinski definition) is 0. The van der Waals surface area contributed by atoms with Crippen molar-refractivity contribution in [2.24, 2.45) is 54.1 Å². The molecule has 0 fully saturated rings. The van der Waals surface area contributed by atoms with E-state index in [1.165, 1.54) is 55.9 Å². The first-order valence-electron chi connectivity index (χ1n) is 33.0. The molecule has 496 valence electrons. The highest BCUT2D eigenvalue weighted by molar-refractivity contribution is 7.09. The molecular weight excluding hydrogens is 1110 g/mol. The highest BCUT2D eigenvalue weighted by Gasteiger charge is 2.41. The molecule has 0 aliphatic rings. The number of aryl methyl sites for hydroxylation is 2. The fraction of sp³-hybridized carbons (Fsp3) is 0.571. The number of nitrogens with zero attached hydrogens (tertiary/aromatic N) is 4. The number of aromatic nitrogens is 4. The predicted molar refractivity (Wildman–Crippen MR) is 398 cm³/mol. The van der Waals surface area contributed by atoms with Crippen molar-refractivity contribution in [3.8, 4) is 11.1 Å². The standard InChI is InChI=1S/C21H28.C19H27N.C16H23NO.C14H23N.C13H23NS.CH4/c1-20(2,3)19(21(4,5)6)18-14-12-17(13-15-18)16-10-8-7-9-11-16;1-13-9-8-10-15-14(13)11-12-16(20-15)17(18(2,3)4)19(5,6)7;1-15(2,3)14(16(4,5)6)11-7-8-13-12(9-11)17-10-18-13;1-13(2,3)12(14(4,5)6)11-8-7-9-15-10-11;1-9-8-15-11(14-9)10(12(2,3)4)13(5,6)7;/h7-15,19H,1-6H3;8-12,17H,1-7H3;7-10,14H,1-6H3;7-10,12H,1-6H3;8,10H,1-7H3;1H4. The summed E-state index contributed by atoms with van der Waals surface area (Å²) >= 11 is 1.80.